The third-order valence-corrected chi connectivity index (χ3v) is 5.90. The number of hydrogen-bond donors (Lipinski definition) is 0. The molecule has 0 aliphatic carbocycles. The van der Waals surface area contributed by atoms with Gasteiger partial charge in [0, 0.05) is 50.9 Å². The SMILES string of the molecule is Cc1nccc(N2CC[C@H](c3c(C(=O)N(C)C)sc4ncccc34)C2)n1. The average molecular weight is 367 g/mol. The van der Waals surface area contributed by atoms with Crippen LogP contribution in [-0.2, 0) is 0 Å². The van der Waals surface area contributed by atoms with Gasteiger partial charge in [0.15, 0.2) is 0 Å². The topological polar surface area (TPSA) is 62.2 Å². The molecule has 1 aliphatic heterocycles. The summed E-state index contributed by atoms with van der Waals surface area (Å²) in [5.41, 5.74) is 1.14. The second kappa shape index (κ2) is 6.64. The first-order valence-electron chi connectivity index (χ1n) is 8.68. The Balaban J connectivity index is 1.72. The van der Waals surface area contributed by atoms with Crippen LogP contribution in [0.25, 0.3) is 10.2 Å². The van der Waals surface area contributed by atoms with Crippen molar-refractivity contribution in [2.75, 3.05) is 32.1 Å². The van der Waals surface area contributed by atoms with Crippen LogP contribution >= 0.6 is 11.3 Å². The number of rotatable bonds is 3. The highest BCUT2D eigenvalue weighted by Gasteiger charge is 2.32. The molecule has 134 valence electrons. The predicted octanol–water partition coefficient (Wildman–Crippen LogP) is 3.09. The number of amides is 1. The van der Waals surface area contributed by atoms with Crippen LogP contribution < -0.4 is 4.90 Å². The van der Waals surface area contributed by atoms with E-state index in [9.17, 15) is 4.79 Å². The van der Waals surface area contributed by atoms with Crippen molar-refractivity contribution in [1.82, 2.24) is 19.9 Å². The van der Waals surface area contributed by atoms with Gasteiger partial charge in [0.05, 0.1) is 4.88 Å². The monoisotopic (exact) mass is 367 g/mol. The van der Waals surface area contributed by atoms with Crippen LogP contribution in [0.2, 0.25) is 0 Å². The third-order valence-electron chi connectivity index (χ3n) is 4.79. The summed E-state index contributed by atoms with van der Waals surface area (Å²) in [6, 6.07) is 5.98. The highest BCUT2D eigenvalue weighted by atomic mass is 32.1. The Morgan fingerprint density at radius 3 is 2.88 bits per heavy atom. The van der Waals surface area contributed by atoms with E-state index in [0.717, 1.165) is 51.8 Å². The van der Waals surface area contributed by atoms with Crippen LogP contribution in [0.5, 0.6) is 0 Å². The van der Waals surface area contributed by atoms with Crippen LogP contribution in [0, 0.1) is 6.92 Å². The number of thiophene rings is 1. The quantitative estimate of drug-likeness (QED) is 0.712. The molecule has 0 radical (unpaired) electrons. The number of nitrogens with zero attached hydrogens (tertiary/aromatic N) is 5. The van der Waals surface area contributed by atoms with Crippen LogP contribution in [0.4, 0.5) is 5.82 Å². The number of aromatic nitrogens is 3. The van der Waals surface area contributed by atoms with Crippen molar-refractivity contribution in [2.24, 2.45) is 0 Å². The third kappa shape index (κ3) is 2.92. The summed E-state index contributed by atoms with van der Waals surface area (Å²) in [5, 5.41) is 1.11. The van der Waals surface area contributed by atoms with Gasteiger partial charge in [-0.25, -0.2) is 15.0 Å². The van der Waals surface area contributed by atoms with E-state index >= 15 is 0 Å². The van der Waals surface area contributed by atoms with E-state index in [0.29, 0.717) is 5.92 Å². The Hall–Kier alpha value is -2.54. The smallest absolute Gasteiger partial charge is 0.263 e. The minimum absolute atomic E-state index is 0.0549. The molecule has 4 rings (SSSR count). The minimum atomic E-state index is 0.0549. The fraction of sp³-hybridized carbons (Fsp3) is 0.368. The lowest BCUT2D eigenvalue weighted by atomic mass is 9.95. The van der Waals surface area contributed by atoms with Crippen molar-refractivity contribution in [3.63, 3.8) is 0 Å². The first-order valence-corrected chi connectivity index (χ1v) is 9.50. The van der Waals surface area contributed by atoms with E-state index in [1.54, 1.807) is 31.4 Å². The van der Waals surface area contributed by atoms with Gasteiger partial charge in [-0.1, -0.05) is 6.07 Å². The molecule has 4 heterocycles. The largest absolute Gasteiger partial charge is 0.356 e. The number of aryl methyl sites for hydroxylation is 1. The zero-order chi connectivity index (χ0) is 18.3. The second-order valence-electron chi connectivity index (χ2n) is 6.79. The summed E-state index contributed by atoms with van der Waals surface area (Å²) >= 11 is 1.50. The van der Waals surface area contributed by atoms with Gasteiger partial charge in [-0.05, 0) is 31.0 Å². The molecule has 1 aliphatic rings. The zero-order valence-electron chi connectivity index (χ0n) is 15.1. The minimum Gasteiger partial charge on any atom is -0.356 e. The number of carbonyl (C=O) groups is 1. The zero-order valence-corrected chi connectivity index (χ0v) is 16.0. The van der Waals surface area contributed by atoms with Crippen LogP contribution in [0.1, 0.15) is 33.4 Å². The van der Waals surface area contributed by atoms with Gasteiger partial charge in [0.2, 0.25) is 0 Å². The number of fused-ring (bicyclic) bond motifs is 1. The Bertz CT molecular complexity index is 967. The molecule has 3 aromatic heterocycles. The first kappa shape index (κ1) is 16.9. The molecule has 1 saturated heterocycles. The Morgan fingerprint density at radius 1 is 1.27 bits per heavy atom. The molecule has 6 nitrogen and oxygen atoms in total. The number of carbonyl (C=O) groups excluding carboxylic acids is 1. The lowest BCUT2D eigenvalue weighted by Gasteiger charge is -2.18. The van der Waals surface area contributed by atoms with Crippen molar-refractivity contribution >= 4 is 33.3 Å². The van der Waals surface area contributed by atoms with Gasteiger partial charge in [-0.3, -0.25) is 4.79 Å². The van der Waals surface area contributed by atoms with Crippen LogP contribution in [0.3, 0.4) is 0 Å². The number of anilines is 1. The van der Waals surface area contributed by atoms with Crippen LogP contribution in [0.15, 0.2) is 30.6 Å². The van der Waals surface area contributed by atoms with Crippen molar-refractivity contribution in [1.29, 1.82) is 0 Å². The molecule has 0 N–H and O–H groups in total. The van der Waals surface area contributed by atoms with Crippen LogP contribution in [-0.4, -0.2) is 52.9 Å². The molecule has 0 unspecified atom stereocenters. The molecule has 0 spiro atoms. The number of pyridine rings is 1. The van der Waals surface area contributed by atoms with E-state index in [2.05, 4.69) is 25.9 Å². The van der Waals surface area contributed by atoms with E-state index in [1.807, 2.05) is 19.1 Å². The molecule has 1 atom stereocenters. The standard InChI is InChI=1S/C19H21N5OS/c1-12-20-9-6-15(22-12)24-10-7-13(11-24)16-14-5-4-8-21-18(14)26-17(16)19(25)23(2)3/h4-6,8-9,13H,7,10-11H2,1-3H3/t13-/m0/s1. The summed E-state index contributed by atoms with van der Waals surface area (Å²) in [7, 11) is 3.60. The highest BCUT2D eigenvalue weighted by molar-refractivity contribution is 7.20. The molecule has 3 aromatic rings. The fourth-order valence-electron chi connectivity index (χ4n) is 3.54. The molecular weight excluding hydrogens is 346 g/mol. The molecule has 26 heavy (non-hydrogen) atoms. The lowest BCUT2D eigenvalue weighted by Crippen LogP contribution is -2.23. The normalized spacial score (nSPS) is 17.0. The van der Waals surface area contributed by atoms with E-state index in [-0.39, 0.29) is 5.91 Å². The summed E-state index contributed by atoms with van der Waals surface area (Å²) < 4.78 is 0. The number of hydrogen-bond acceptors (Lipinski definition) is 6. The van der Waals surface area contributed by atoms with Crippen molar-refractivity contribution in [3.8, 4) is 0 Å². The van der Waals surface area contributed by atoms with Gasteiger partial charge in [0.25, 0.3) is 5.91 Å². The molecule has 1 fully saturated rings. The highest BCUT2D eigenvalue weighted by Crippen LogP contribution is 2.40. The van der Waals surface area contributed by atoms with E-state index < -0.39 is 0 Å². The van der Waals surface area contributed by atoms with Crippen molar-refractivity contribution in [2.45, 2.75) is 19.3 Å². The Kier molecular flexibility index (Phi) is 4.32. The Morgan fingerprint density at radius 2 is 2.12 bits per heavy atom. The summed E-state index contributed by atoms with van der Waals surface area (Å²) in [5.74, 6) is 2.08. The maximum atomic E-state index is 12.8. The summed E-state index contributed by atoms with van der Waals surface area (Å²) in [6.07, 6.45) is 4.59. The van der Waals surface area contributed by atoms with Gasteiger partial charge < -0.3 is 9.80 Å². The van der Waals surface area contributed by atoms with Crippen molar-refractivity contribution in [3.05, 3.63) is 46.9 Å². The van der Waals surface area contributed by atoms with Gasteiger partial charge in [-0.2, -0.15) is 0 Å². The molecular formula is C19H21N5OS. The fourth-order valence-corrected chi connectivity index (χ4v) is 4.79. The summed E-state index contributed by atoms with van der Waals surface area (Å²) in [6.45, 7) is 3.68. The molecule has 1 amide bonds. The first-order chi connectivity index (χ1) is 12.5. The molecule has 0 aromatic carbocycles. The molecule has 7 heteroatoms. The van der Waals surface area contributed by atoms with Gasteiger partial charge >= 0.3 is 0 Å². The van der Waals surface area contributed by atoms with Gasteiger partial charge in [0.1, 0.15) is 16.5 Å². The van der Waals surface area contributed by atoms with E-state index in [1.165, 1.54) is 11.3 Å². The van der Waals surface area contributed by atoms with Crippen molar-refractivity contribution < 1.29 is 4.79 Å². The average Bonchev–Trinajstić information content (AvgIpc) is 3.25. The Labute approximate surface area is 156 Å². The predicted molar refractivity (Wildman–Crippen MR) is 104 cm³/mol. The van der Waals surface area contributed by atoms with Gasteiger partial charge in [-0.15, -0.1) is 11.3 Å². The molecule has 0 saturated carbocycles. The second-order valence-corrected chi connectivity index (χ2v) is 7.79. The summed E-state index contributed by atoms with van der Waals surface area (Å²) in [4.78, 5) is 31.6. The molecule has 0 bridgehead atoms. The maximum absolute atomic E-state index is 12.8. The maximum Gasteiger partial charge on any atom is 0.263 e. The van der Waals surface area contributed by atoms with E-state index in [4.69, 9.17) is 0 Å². The lowest BCUT2D eigenvalue weighted by molar-refractivity contribution is 0.0831.